The Bertz CT molecular complexity index is 500. The van der Waals surface area contributed by atoms with Crippen molar-refractivity contribution in [3.63, 3.8) is 0 Å². The highest BCUT2D eigenvalue weighted by Crippen LogP contribution is 1.98. The lowest BCUT2D eigenvalue weighted by atomic mass is 10.1. The van der Waals surface area contributed by atoms with Gasteiger partial charge in [0.05, 0.1) is 112 Å². The predicted octanol–water partition coefficient (Wildman–Crippen LogP) is 0.0684. The molecule has 0 bridgehead atoms. The van der Waals surface area contributed by atoms with Gasteiger partial charge >= 0.3 is 0 Å². The Kier molecular flexibility index (Phi) is 28.4. The molecular formula is C25H50N2O10. The van der Waals surface area contributed by atoms with Crippen LogP contribution in [0.3, 0.4) is 0 Å². The van der Waals surface area contributed by atoms with Crippen molar-refractivity contribution in [3.05, 3.63) is 0 Å². The van der Waals surface area contributed by atoms with Crippen molar-refractivity contribution in [3.8, 4) is 0 Å². The van der Waals surface area contributed by atoms with Crippen LogP contribution in [0.5, 0.6) is 0 Å². The van der Waals surface area contributed by atoms with Crippen molar-refractivity contribution in [1.82, 2.24) is 10.6 Å². The first-order valence-electron chi connectivity index (χ1n) is 13.1. The van der Waals surface area contributed by atoms with E-state index in [1.807, 2.05) is 20.9 Å². The number of aldehydes is 1. The number of carbonyl (C=O) groups is 2. The zero-order valence-electron chi connectivity index (χ0n) is 23.0. The van der Waals surface area contributed by atoms with Gasteiger partial charge in [0.2, 0.25) is 5.91 Å². The predicted molar refractivity (Wildman–Crippen MR) is 138 cm³/mol. The van der Waals surface area contributed by atoms with Crippen LogP contribution in [-0.2, 0) is 47.5 Å². The third-order valence-corrected chi connectivity index (χ3v) is 4.77. The number of ether oxygens (including phenoxy) is 8. The van der Waals surface area contributed by atoms with Gasteiger partial charge < -0.3 is 53.3 Å². The van der Waals surface area contributed by atoms with Crippen molar-refractivity contribution in [2.45, 2.75) is 26.3 Å². The molecule has 0 rings (SSSR count). The first-order valence-corrected chi connectivity index (χ1v) is 13.1. The van der Waals surface area contributed by atoms with Gasteiger partial charge in [0.1, 0.15) is 6.29 Å². The number of hydrogen-bond acceptors (Lipinski definition) is 11. The van der Waals surface area contributed by atoms with Gasteiger partial charge in [-0.25, -0.2) is 0 Å². The van der Waals surface area contributed by atoms with E-state index in [4.69, 9.17) is 37.9 Å². The third-order valence-electron chi connectivity index (χ3n) is 4.77. The average molecular weight is 539 g/mol. The van der Waals surface area contributed by atoms with Crippen molar-refractivity contribution in [2.75, 3.05) is 119 Å². The summed E-state index contributed by atoms with van der Waals surface area (Å²) >= 11 is 0. The summed E-state index contributed by atoms with van der Waals surface area (Å²) in [6, 6.07) is -0.458. The van der Waals surface area contributed by atoms with Crippen molar-refractivity contribution >= 4 is 12.2 Å². The molecule has 1 atom stereocenters. The number of rotatable bonds is 30. The summed E-state index contributed by atoms with van der Waals surface area (Å²) in [5, 5.41) is 5.68. The van der Waals surface area contributed by atoms with Crippen LogP contribution in [0.15, 0.2) is 0 Å². The fourth-order valence-corrected chi connectivity index (χ4v) is 2.60. The van der Waals surface area contributed by atoms with Gasteiger partial charge in [-0.15, -0.1) is 0 Å². The van der Waals surface area contributed by atoms with Crippen LogP contribution in [0, 0.1) is 5.92 Å². The number of likely N-dealkylation sites (N-methyl/N-ethyl adjacent to an activating group) is 1. The van der Waals surface area contributed by atoms with E-state index in [1.165, 1.54) is 0 Å². The van der Waals surface area contributed by atoms with Crippen molar-refractivity contribution < 1.29 is 47.5 Å². The maximum absolute atomic E-state index is 11.7. The number of amides is 1. The Hall–Kier alpha value is -1.22. The fourth-order valence-electron chi connectivity index (χ4n) is 2.60. The molecule has 12 nitrogen and oxygen atoms in total. The SMILES string of the molecule is CNCCOCCOCCOCCOCCOCCOCCOCCOCCC(=O)NC(C=O)C(C)C. The van der Waals surface area contributed by atoms with Crippen LogP contribution in [0.4, 0.5) is 0 Å². The third kappa shape index (κ3) is 27.6. The molecule has 0 aromatic rings. The Balaban J connectivity index is 3.16. The van der Waals surface area contributed by atoms with Gasteiger partial charge in [0, 0.05) is 13.0 Å². The lowest BCUT2D eigenvalue weighted by molar-refractivity contribution is -0.125. The maximum atomic E-state index is 11.7. The maximum Gasteiger partial charge on any atom is 0.222 e. The highest BCUT2D eigenvalue weighted by Gasteiger charge is 2.14. The molecule has 0 aliphatic carbocycles. The number of carbonyl (C=O) groups excluding carboxylic acids is 2. The lowest BCUT2D eigenvalue weighted by Gasteiger charge is -2.16. The summed E-state index contributed by atoms with van der Waals surface area (Å²) in [6.07, 6.45) is 0.965. The second-order valence-electron chi connectivity index (χ2n) is 8.23. The van der Waals surface area contributed by atoms with E-state index in [1.54, 1.807) is 0 Å². The highest BCUT2D eigenvalue weighted by molar-refractivity contribution is 5.79. The van der Waals surface area contributed by atoms with Gasteiger partial charge in [0.15, 0.2) is 0 Å². The monoisotopic (exact) mass is 538 g/mol. The van der Waals surface area contributed by atoms with Crippen LogP contribution in [-0.4, -0.2) is 138 Å². The topological polar surface area (TPSA) is 132 Å². The molecule has 0 saturated heterocycles. The normalized spacial score (nSPS) is 12.2. The second-order valence-corrected chi connectivity index (χ2v) is 8.23. The summed E-state index contributed by atoms with van der Waals surface area (Å²) in [5.41, 5.74) is 0. The second kappa shape index (κ2) is 29.3. The van der Waals surface area contributed by atoms with Gasteiger partial charge in [-0.2, -0.15) is 0 Å². The molecular weight excluding hydrogens is 488 g/mol. The van der Waals surface area contributed by atoms with E-state index < -0.39 is 6.04 Å². The van der Waals surface area contributed by atoms with E-state index in [0.717, 1.165) is 12.8 Å². The minimum Gasteiger partial charge on any atom is -0.379 e. The number of hydrogen-bond donors (Lipinski definition) is 2. The van der Waals surface area contributed by atoms with Gasteiger partial charge in [-0.3, -0.25) is 4.79 Å². The molecule has 0 radical (unpaired) electrons. The van der Waals surface area contributed by atoms with Crippen molar-refractivity contribution in [2.24, 2.45) is 5.92 Å². The molecule has 0 fully saturated rings. The molecule has 0 aliphatic rings. The summed E-state index contributed by atoms with van der Waals surface area (Å²) in [7, 11) is 1.89. The zero-order chi connectivity index (χ0) is 27.2. The molecule has 12 heteroatoms. The van der Waals surface area contributed by atoms with Crippen LogP contribution in [0.2, 0.25) is 0 Å². The van der Waals surface area contributed by atoms with Crippen LogP contribution < -0.4 is 10.6 Å². The Labute approximate surface area is 222 Å². The molecule has 0 aromatic carbocycles. The minimum atomic E-state index is -0.458. The van der Waals surface area contributed by atoms with Gasteiger partial charge in [0.25, 0.3) is 0 Å². The van der Waals surface area contributed by atoms with E-state index in [2.05, 4.69) is 10.6 Å². The van der Waals surface area contributed by atoms with Crippen LogP contribution >= 0.6 is 0 Å². The molecule has 0 saturated carbocycles. The van der Waals surface area contributed by atoms with Crippen LogP contribution in [0.25, 0.3) is 0 Å². The van der Waals surface area contributed by atoms with Gasteiger partial charge in [-0.05, 0) is 13.0 Å². The molecule has 0 aliphatic heterocycles. The summed E-state index contributed by atoms with van der Waals surface area (Å²) in [5.74, 6) is -0.131. The highest BCUT2D eigenvalue weighted by atomic mass is 16.6. The van der Waals surface area contributed by atoms with E-state index in [-0.39, 0.29) is 24.9 Å². The fraction of sp³-hybridized carbons (Fsp3) is 0.920. The molecule has 1 amide bonds. The Morgan fingerprint density at radius 2 is 0.919 bits per heavy atom. The summed E-state index contributed by atoms with van der Waals surface area (Å²) in [4.78, 5) is 22.6. The summed E-state index contributed by atoms with van der Waals surface area (Å²) < 4.78 is 43.2. The largest absolute Gasteiger partial charge is 0.379 e. The lowest BCUT2D eigenvalue weighted by Crippen LogP contribution is -2.40. The van der Waals surface area contributed by atoms with E-state index >= 15 is 0 Å². The molecule has 37 heavy (non-hydrogen) atoms. The zero-order valence-corrected chi connectivity index (χ0v) is 23.0. The van der Waals surface area contributed by atoms with Crippen LogP contribution in [0.1, 0.15) is 20.3 Å². The number of nitrogens with one attached hydrogen (secondary N) is 2. The van der Waals surface area contributed by atoms with E-state index in [0.29, 0.717) is 99.1 Å². The van der Waals surface area contributed by atoms with Crippen molar-refractivity contribution in [1.29, 1.82) is 0 Å². The average Bonchev–Trinajstić information content (AvgIpc) is 2.89. The Morgan fingerprint density at radius 1 is 0.595 bits per heavy atom. The smallest absolute Gasteiger partial charge is 0.222 e. The standard InChI is InChI=1S/C25H50N2O10/c1-23(2)24(22-28)27-25(29)4-6-30-8-10-32-12-14-34-16-18-36-20-21-37-19-17-35-15-13-33-11-9-31-7-5-26-3/h22-24,26H,4-21H2,1-3H3,(H,27,29). The first kappa shape index (κ1) is 35.8. The quantitative estimate of drug-likeness (QED) is 0.0951. The molecule has 0 spiro atoms. The van der Waals surface area contributed by atoms with Gasteiger partial charge in [-0.1, -0.05) is 13.8 Å². The molecule has 0 heterocycles. The first-order chi connectivity index (χ1) is 18.1. The van der Waals surface area contributed by atoms with E-state index in [9.17, 15) is 9.59 Å². The molecule has 1 unspecified atom stereocenters. The summed E-state index contributed by atoms with van der Waals surface area (Å²) in [6.45, 7) is 12.6. The Morgan fingerprint density at radius 3 is 1.22 bits per heavy atom. The molecule has 0 aromatic heterocycles. The molecule has 2 N–H and O–H groups in total. The molecule has 220 valence electrons. The minimum absolute atomic E-state index is 0.0655.